The number of likely N-dealkylation sites (tertiary alicyclic amines) is 1. The Kier molecular flexibility index (Phi) is 5.05. The number of hydrogen-bond donors (Lipinski definition) is 0. The molecule has 1 aliphatic rings. The Morgan fingerprint density at radius 1 is 1.08 bits per heavy atom. The van der Waals surface area contributed by atoms with E-state index in [1.54, 1.807) is 0 Å². The molecule has 0 N–H and O–H groups in total. The van der Waals surface area contributed by atoms with E-state index in [-0.39, 0.29) is 5.91 Å². The van der Waals surface area contributed by atoms with Gasteiger partial charge in [0.25, 0.3) is 5.91 Å². The summed E-state index contributed by atoms with van der Waals surface area (Å²) in [6.07, 6.45) is 3.44. The van der Waals surface area contributed by atoms with E-state index in [2.05, 4.69) is 31.1 Å². The van der Waals surface area contributed by atoms with E-state index in [1.807, 2.05) is 46.8 Å². The zero-order valence-electron chi connectivity index (χ0n) is 14.9. The van der Waals surface area contributed by atoms with Gasteiger partial charge in [-0.05, 0) is 44.6 Å². The first-order chi connectivity index (χ1) is 11.6. The van der Waals surface area contributed by atoms with Gasteiger partial charge in [-0.1, -0.05) is 36.8 Å². The van der Waals surface area contributed by atoms with E-state index >= 15 is 0 Å². The molecule has 0 spiro atoms. The van der Waals surface area contributed by atoms with Crippen molar-refractivity contribution >= 4 is 5.91 Å². The van der Waals surface area contributed by atoms with Crippen molar-refractivity contribution in [1.82, 2.24) is 14.4 Å². The van der Waals surface area contributed by atoms with Crippen molar-refractivity contribution < 1.29 is 4.79 Å². The van der Waals surface area contributed by atoms with Crippen LogP contribution in [0.3, 0.4) is 0 Å². The molecule has 1 fully saturated rings. The van der Waals surface area contributed by atoms with Crippen LogP contribution in [0.15, 0.2) is 42.5 Å². The molecular weight excluding hydrogens is 298 g/mol. The van der Waals surface area contributed by atoms with Crippen LogP contribution in [-0.4, -0.2) is 53.5 Å². The normalized spacial score (nSPS) is 18.7. The zero-order chi connectivity index (χ0) is 17.1. The second-order valence-corrected chi connectivity index (χ2v) is 6.89. The van der Waals surface area contributed by atoms with E-state index in [0.29, 0.717) is 6.04 Å². The van der Waals surface area contributed by atoms with Gasteiger partial charge in [-0.15, -0.1) is 0 Å². The van der Waals surface area contributed by atoms with Gasteiger partial charge < -0.3 is 14.4 Å². The number of likely N-dealkylation sites (N-methyl/N-ethyl adjacent to an activating group) is 1. The molecule has 0 radical (unpaired) electrons. The van der Waals surface area contributed by atoms with Gasteiger partial charge >= 0.3 is 0 Å². The summed E-state index contributed by atoms with van der Waals surface area (Å²) in [7, 11) is 6.19. The Hall–Kier alpha value is -2.07. The molecule has 2 aromatic rings. The first-order valence-corrected chi connectivity index (χ1v) is 8.75. The fourth-order valence-corrected chi connectivity index (χ4v) is 3.51. The van der Waals surface area contributed by atoms with Gasteiger partial charge in [-0.3, -0.25) is 4.79 Å². The maximum atomic E-state index is 13.1. The highest BCUT2D eigenvalue weighted by Gasteiger charge is 2.25. The van der Waals surface area contributed by atoms with Crippen molar-refractivity contribution in [2.75, 3.05) is 27.2 Å². The Balaban J connectivity index is 1.84. The maximum Gasteiger partial charge on any atom is 0.270 e. The molecule has 3 rings (SSSR count). The van der Waals surface area contributed by atoms with E-state index in [9.17, 15) is 4.79 Å². The van der Waals surface area contributed by atoms with Crippen LogP contribution in [0.1, 0.15) is 29.8 Å². The molecule has 4 nitrogen and oxygen atoms in total. The van der Waals surface area contributed by atoms with Gasteiger partial charge in [0, 0.05) is 31.9 Å². The molecule has 1 unspecified atom stereocenters. The summed E-state index contributed by atoms with van der Waals surface area (Å²) in [6, 6.07) is 14.7. The third-order valence-corrected chi connectivity index (χ3v) is 5.07. The average molecular weight is 325 g/mol. The van der Waals surface area contributed by atoms with E-state index in [1.165, 1.54) is 12.8 Å². The molecule has 1 amide bonds. The molecule has 1 atom stereocenters. The molecule has 24 heavy (non-hydrogen) atoms. The van der Waals surface area contributed by atoms with Crippen LogP contribution in [0.25, 0.3) is 11.3 Å². The number of amides is 1. The van der Waals surface area contributed by atoms with E-state index < -0.39 is 0 Å². The Bertz CT molecular complexity index is 690. The third-order valence-electron chi connectivity index (χ3n) is 5.07. The van der Waals surface area contributed by atoms with Gasteiger partial charge in [0.1, 0.15) is 5.69 Å². The summed E-state index contributed by atoms with van der Waals surface area (Å²) < 4.78 is 2.02. The van der Waals surface area contributed by atoms with E-state index in [0.717, 1.165) is 36.5 Å². The number of carbonyl (C=O) groups is 1. The highest BCUT2D eigenvalue weighted by atomic mass is 16.2. The summed E-state index contributed by atoms with van der Waals surface area (Å²) in [5, 5.41) is 0. The third kappa shape index (κ3) is 3.39. The first-order valence-electron chi connectivity index (χ1n) is 8.75. The number of benzene rings is 1. The molecule has 0 bridgehead atoms. The number of aromatic nitrogens is 1. The molecule has 1 saturated heterocycles. The summed E-state index contributed by atoms with van der Waals surface area (Å²) >= 11 is 0. The molecule has 128 valence electrons. The lowest BCUT2D eigenvalue weighted by Gasteiger charge is -2.28. The van der Waals surface area contributed by atoms with Crippen molar-refractivity contribution in [3.63, 3.8) is 0 Å². The van der Waals surface area contributed by atoms with Crippen LogP contribution in [0.2, 0.25) is 0 Å². The Labute approximate surface area is 144 Å². The van der Waals surface area contributed by atoms with Gasteiger partial charge in [0.05, 0.1) is 0 Å². The smallest absolute Gasteiger partial charge is 0.270 e. The monoisotopic (exact) mass is 325 g/mol. The highest BCUT2D eigenvalue weighted by molar-refractivity contribution is 5.94. The van der Waals surface area contributed by atoms with Crippen molar-refractivity contribution in [1.29, 1.82) is 0 Å². The molecule has 0 saturated carbocycles. The Morgan fingerprint density at radius 2 is 1.83 bits per heavy atom. The predicted molar refractivity (Wildman–Crippen MR) is 98.1 cm³/mol. The second-order valence-electron chi connectivity index (χ2n) is 6.89. The first kappa shape index (κ1) is 16.8. The lowest BCUT2D eigenvalue weighted by molar-refractivity contribution is 0.0716. The van der Waals surface area contributed by atoms with E-state index in [4.69, 9.17) is 0 Å². The molecule has 2 heterocycles. The van der Waals surface area contributed by atoms with Gasteiger partial charge in [-0.2, -0.15) is 0 Å². The van der Waals surface area contributed by atoms with Crippen LogP contribution in [0.4, 0.5) is 0 Å². The second kappa shape index (κ2) is 7.22. The van der Waals surface area contributed by atoms with Crippen molar-refractivity contribution in [2.45, 2.75) is 25.3 Å². The van der Waals surface area contributed by atoms with Crippen molar-refractivity contribution in [2.24, 2.45) is 7.05 Å². The Morgan fingerprint density at radius 3 is 2.54 bits per heavy atom. The minimum Gasteiger partial charge on any atom is -0.340 e. The fraction of sp³-hybridized carbons (Fsp3) is 0.450. The number of nitrogens with zero attached hydrogens (tertiary/aromatic N) is 3. The lowest BCUT2D eigenvalue weighted by Crippen LogP contribution is -2.42. The van der Waals surface area contributed by atoms with Gasteiger partial charge in [0.2, 0.25) is 0 Å². The largest absolute Gasteiger partial charge is 0.340 e. The predicted octanol–water partition coefficient (Wildman–Crippen LogP) is 3.25. The summed E-state index contributed by atoms with van der Waals surface area (Å²) in [6.45, 7) is 1.67. The quantitative estimate of drug-likeness (QED) is 0.867. The number of carbonyl (C=O) groups excluding carboxylic acids is 1. The number of rotatable bonds is 3. The molecular formula is C20H27N3O. The lowest BCUT2D eigenvalue weighted by atomic mass is 10.1. The average Bonchev–Trinajstić information content (AvgIpc) is 2.81. The summed E-state index contributed by atoms with van der Waals surface area (Å²) in [5.74, 6) is 0.147. The van der Waals surface area contributed by atoms with Crippen LogP contribution in [0, 0.1) is 0 Å². The highest BCUT2D eigenvalue weighted by Crippen LogP contribution is 2.23. The molecule has 0 aliphatic carbocycles. The van der Waals surface area contributed by atoms with Crippen molar-refractivity contribution in [3.05, 3.63) is 48.2 Å². The molecule has 4 heteroatoms. The molecule has 1 aromatic carbocycles. The summed E-state index contributed by atoms with van der Waals surface area (Å²) in [5.41, 5.74) is 2.99. The summed E-state index contributed by atoms with van der Waals surface area (Å²) in [4.78, 5) is 17.3. The number of hydrogen-bond acceptors (Lipinski definition) is 2. The standard InChI is InChI=1S/C20H27N3O/c1-21(2)17-11-7-8-14-23(15-17)20(24)19-13-12-18(22(19)3)16-9-5-4-6-10-16/h4-6,9-10,12-13,17H,7-8,11,14-15H2,1-3H3. The molecule has 1 aliphatic heterocycles. The van der Waals surface area contributed by atoms with Crippen LogP contribution in [0.5, 0.6) is 0 Å². The SMILES string of the molecule is CN(C)C1CCCCN(C(=O)c2ccc(-c3ccccc3)n2C)C1. The minimum absolute atomic E-state index is 0.147. The van der Waals surface area contributed by atoms with Crippen LogP contribution < -0.4 is 0 Å². The van der Waals surface area contributed by atoms with Gasteiger partial charge in [0.15, 0.2) is 0 Å². The van der Waals surface area contributed by atoms with Gasteiger partial charge in [-0.25, -0.2) is 0 Å². The van der Waals surface area contributed by atoms with Crippen molar-refractivity contribution in [3.8, 4) is 11.3 Å². The molecule has 1 aromatic heterocycles. The zero-order valence-corrected chi connectivity index (χ0v) is 14.9. The topological polar surface area (TPSA) is 28.5 Å². The maximum absolute atomic E-state index is 13.1. The van der Waals surface area contributed by atoms with Crippen LogP contribution in [-0.2, 0) is 7.05 Å². The minimum atomic E-state index is 0.147. The van der Waals surface area contributed by atoms with Crippen LogP contribution >= 0.6 is 0 Å². The fourth-order valence-electron chi connectivity index (χ4n) is 3.51.